The lowest BCUT2D eigenvalue weighted by Gasteiger charge is -2.17. The average molecular weight is 497 g/mol. The van der Waals surface area contributed by atoms with Crippen LogP contribution in [0, 0.1) is 0 Å². The highest BCUT2D eigenvalue weighted by Crippen LogP contribution is 2.28. The molecule has 7 nitrogen and oxygen atoms in total. The number of nitrogens with one attached hydrogen (secondary N) is 1. The lowest BCUT2D eigenvalue weighted by atomic mass is 10.1. The highest BCUT2D eigenvalue weighted by molar-refractivity contribution is 6.36. The van der Waals surface area contributed by atoms with Gasteiger partial charge in [-0.1, -0.05) is 24.8 Å². The number of amides is 1. The summed E-state index contributed by atoms with van der Waals surface area (Å²) in [5, 5.41) is 2.98. The van der Waals surface area contributed by atoms with Crippen molar-refractivity contribution in [3.63, 3.8) is 0 Å². The molecule has 0 aliphatic rings. The number of carbonyl (C=O) groups excluding carboxylic acids is 1. The summed E-state index contributed by atoms with van der Waals surface area (Å²) in [5.74, 6) is 0.0905. The molecule has 1 unspecified atom stereocenters. The Kier molecular flexibility index (Phi) is 8.43. The van der Waals surface area contributed by atoms with Gasteiger partial charge in [-0.25, -0.2) is 14.4 Å². The number of rotatable bonds is 10. The second-order valence-electron chi connectivity index (χ2n) is 7.74. The summed E-state index contributed by atoms with van der Waals surface area (Å²) in [5.41, 5.74) is 2.31. The largest absolute Gasteiger partial charge is 0.497 e. The van der Waals surface area contributed by atoms with Gasteiger partial charge in [-0.3, -0.25) is 4.79 Å². The number of halogens is 2. The number of hydrogen-bond acceptors (Lipinski definition) is 5. The molecule has 0 saturated carbocycles. The Balaban J connectivity index is 1.93. The van der Waals surface area contributed by atoms with Gasteiger partial charge in [-0.15, -0.1) is 0 Å². The Labute approximate surface area is 208 Å². The molecule has 9 heteroatoms. The Bertz CT molecular complexity index is 1250. The molecule has 0 radical (unpaired) electrons. The summed E-state index contributed by atoms with van der Waals surface area (Å²) >= 11 is 6.19. The zero-order valence-corrected chi connectivity index (χ0v) is 20.5. The SMILES string of the molecule is C=C(F)/C=C(/Cl)C(=C)c1cc(Cn2ccnc2)cc(C(=O)NC(C)c2cc(OC)cc(OC)c2)n1. The smallest absolute Gasteiger partial charge is 0.270 e. The molecule has 0 saturated heterocycles. The van der Waals surface area contributed by atoms with Crippen LogP contribution in [0.3, 0.4) is 0 Å². The first-order valence-electron chi connectivity index (χ1n) is 10.6. The van der Waals surface area contributed by atoms with Crippen LogP contribution in [-0.2, 0) is 6.54 Å². The minimum atomic E-state index is -0.716. The van der Waals surface area contributed by atoms with Crippen molar-refractivity contribution >= 4 is 23.1 Å². The molecule has 0 fully saturated rings. The molecule has 1 aromatic carbocycles. The van der Waals surface area contributed by atoms with E-state index in [1.807, 2.05) is 23.6 Å². The number of imidazole rings is 1. The molecule has 0 spiro atoms. The molecular weight excluding hydrogens is 471 g/mol. The van der Waals surface area contributed by atoms with Crippen molar-refractivity contribution in [1.82, 2.24) is 19.9 Å². The number of allylic oxidation sites excluding steroid dienone is 4. The van der Waals surface area contributed by atoms with Gasteiger partial charge in [0.15, 0.2) is 0 Å². The van der Waals surface area contributed by atoms with E-state index in [4.69, 9.17) is 21.1 Å². The molecule has 1 atom stereocenters. The minimum absolute atomic E-state index is 0.0352. The van der Waals surface area contributed by atoms with Gasteiger partial charge in [0, 0.05) is 30.6 Å². The number of pyridine rings is 1. The van der Waals surface area contributed by atoms with Crippen LogP contribution in [0.15, 0.2) is 79.1 Å². The Morgan fingerprint density at radius 1 is 1.17 bits per heavy atom. The molecule has 3 aromatic rings. The van der Waals surface area contributed by atoms with Gasteiger partial charge in [-0.2, -0.15) is 0 Å². The summed E-state index contributed by atoms with van der Waals surface area (Å²) in [6, 6.07) is 8.43. The van der Waals surface area contributed by atoms with E-state index >= 15 is 0 Å². The van der Waals surface area contributed by atoms with Crippen molar-refractivity contribution in [2.75, 3.05) is 14.2 Å². The Hall–Kier alpha value is -3.91. The van der Waals surface area contributed by atoms with E-state index < -0.39 is 11.7 Å². The predicted octanol–water partition coefficient (Wildman–Crippen LogP) is 5.45. The Morgan fingerprint density at radius 3 is 2.40 bits per heavy atom. The van der Waals surface area contributed by atoms with Gasteiger partial charge < -0.3 is 19.4 Å². The van der Waals surface area contributed by atoms with Crippen LogP contribution in [0.4, 0.5) is 4.39 Å². The maximum absolute atomic E-state index is 13.3. The van der Waals surface area contributed by atoms with E-state index in [9.17, 15) is 9.18 Å². The van der Waals surface area contributed by atoms with Crippen LogP contribution >= 0.6 is 11.6 Å². The molecule has 2 heterocycles. The third-order valence-electron chi connectivity index (χ3n) is 5.14. The topological polar surface area (TPSA) is 78.3 Å². The third-order valence-corrected chi connectivity index (χ3v) is 5.48. The normalized spacial score (nSPS) is 12.1. The van der Waals surface area contributed by atoms with Crippen molar-refractivity contribution in [2.45, 2.75) is 19.5 Å². The first-order valence-corrected chi connectivity index (χ1v) is 11.0. The van der Waals surface area contributed by atoms with Crippen molar-refractivity contribution < 1.29 is 18.7 Å². The lowest BCUT2D eigenvalue weighted by molar-refractivity contribution is 0.0934. The fourth-order valence-electron chi connectivity index (χ4n) is 3.32. The van der Waals surface area contributed by atoms with Crippen molar-refractivity contribution in [3.05, 3.63) is 102 Å². The number of carbonyl (C=O) groups is 1. The van der Waals surface area contributed by atoms with E-state index in [0.29, 0.717) is 23.7 Å². The zero-order chi connectivity index (χ0) is 25.5. The molecule has 2 aromatic heterocycles. The quantitative estimate of drug-likeness (QED) is 0.377. The first kappa shape index (κ1) is 25.7. The molecular formula is C26H26ClFN4O3. The summed E-state index contributed by atoms with van der Waals surface area (Å²) in [6.45, 7) is 9.38. The molecule has 1 amide bonds. The fraction of sp³-hybridized carbons (Fsp3) is 0.192. The summed E-state index contributed by atoms with van der Waals surface area (Å²) in [6.07, 6.45) is 6.16. The van der Waals surface area contributed by atoms with E-state index in [1.54, 1.807) is 51.1 Å². The van der Waals surface area contributed by atoms with Crippen LogP contribution in [0.5, 0.6) is 11.5 Å². The maximum atomic E-state index is 13.3. The molecule has 182 valence electrons. The molecule has 0 aliphatic heterocycles. The summed E-state index contributed by atoms with van der Waals surface area (Å²) < 4.78 is 25.8. The van der Waals surface area contributed by atoms with Crippen molar-refractivity contribution in [2.24, 2.45) is 0 Å². The third kappa shape index (κ3) is 6.80. The maximum Gasteiger partial charge on any atom is 0.270 e. The molecule has 35 heavy (non-hydrogen) atoms. The van der Waals surface area contributed by atoms with E-state index in [-0.39, 0.29) is 22.3 Å². The Morgan fingerprint density at radius 2 is 1.83 bits per heavy atom. The van der Waals surface area contributed by atoms with Crippen LogP contribution in [0.25, 0.3) is 5.57 Å². The lowest BCUT2D eigenvalue weighted by Crippen LogP contribution is -2.28. The monoisotopic (exact) mass is 496 g/mol. The van der Waals surface area contributed by atoms with Crippen molar-refractivity contribution in [1.29, 1.82) is 0 Å². The standard InChI is InChI=1S/C26H26ClFN4O3/c1-16(28)8-23(27)17(2)24-9-19(14-32-7-6-29-15-32)10-25(31-24)26(33)30-18(3)20-11-21(34-4)13-22(12-20)35-5/h6-13,15,18H,1-2,14H2,3-5H3,(H,30,33)/b23-8+. The van der Waals surface area contributed by atoms with Crippen LogP contribution in [-0.4, -0.2) is 34.7 Å². The zero-order valence-electron chi connectivity index (χ0n) is 19.7. The first-order chi connectivity index (χ1) is 16.7. The van der Waals surface area contributed by atoms with E-state index in [2.05, 4.69) is 28.4 Å². The number of aromatic nitrogens is 3. The minimum Gasteiger partial charge on any atom is -0.497 e. The van der Waals surface area contributed by atoms with Crippen molar-refractivity contribution in [3.8, 4) is 11.5 Å². The van der Waals surface area contributed by atoms with Gasteiger partial charge in [-0.05, 0) is 48.4 Å². The van der Waals surface area contributed by atoms with Gasteiger partial charge in [0.1, 0.15) is 23.0 Å². The highest BCUT2D eigenvalue weighted by Gasteiger charge is 2.18. The van der Waals surface area contributed by atoms with E-state index in [1.165, 1.54) is 0 Å². The summed E-state index contributed by atoms with van der Waals surface area (Å²) in [7, 11) is 3.12. The fourth-order valence-corrected chi connectivity index (χ4v) is 3.54. The number of methoxy groups -OCH3 is 2. The number of benzene rings is 1. The molecule has 0 aliphatic carbocycles. The van der Waals surface area contributed by atoms with Gasteiger partial charge in [0.05, 0.1) is 37.3 Å². The number of ether oxygens (including phenoxy) is 2. The van der Waals surface area contributed by atoms with Crippen LogP contribution in [0.2, 0.25) is 0 Å². The average Bonchev–Trinajstić information content (AvgIpc) is 3.35. The van der Waals surface area contributed by atoms with Gasteiger partial charge in [0.25, 0.3) is 5.91 Å². The summed E-state index contributed by atoms with van der Waals surface area (Å²) in [4.78, 5) is 21.7. The molecule has 0 bridgehead atoms. The molecule has 3 rings (SSSR count). The number of nitrogens with zero attached hydrogens (tertiary/aromatic N) is 3. The molecule has 1 N–H and O–H groups in total. The number of hydrogen-bond donors (Lipinski definition) is 1. The van der Waals surface area contributed by atoms with Gasteiger partial charge >= 0.3 is 0 Å². The van der Waals surface area contributed by atoms with Crippen LogP contribution in [0.1, 0.15) is 40.3 Å². The predicted molar refractivity (Wildman–Crippen MR) is 134 cm³/mol. The highest BCUT2D eigenvalue weighted by atomic mass is 35.5. The van der Waals surface area contributed by atoms with Gasteiger partial charge in [0.2, 0.25) is 0 Å². The second kappa shape index (κ2) is 11.5. The van der Waals surface area contributed by atoms with E-state index in [0.717, 1.165) is 17.2 Å². The van der Waals surface area contributed by atoms with Crippen LogP contribution < -0.4 is 14.8 Å². The second-order valence-corrected chi connectivity index (χ2v) is 8.15.